The standard InChI is InChI=1S/C82H48N4O4/c1-3-15-51(16-4-1)85-71-23-11-7-19-59(71)61-33-27-55(45-73(61)85)83(53-31-37-77-69(43-53)63-21-9-13-25-75(63)87-77)57-29-35-65-67-39-49-42-80-68(40-50(49)41-79(67)89-81(65)47-57)66-36-30-58(48-82(66)90-80)84(54-32-38-78-70(44-54)64-22-10-14-26-76(64)88-78)56-28-34-62-60-20-8-12-24-72(60)86(74(62)46-56)52-17-5-2-6-18-52/h1-48H. The van der Waals surface area contributed by atoms with Gasteiger partial charge >= 0.3 is 0 Å². The van der Waals surface area contributed by atoms with Gasteiger partial charge in [0, 0.05) is 122 Å². The average Bonchev–Trinajstić information content (AvgIpc) is 1.77. The number of anilines is 6. The minimum absolute atomic E-state index is 0.795. The first-order valence-electron chi connectivity index (χ1n) is 30.4. The highest BCUT2D eigenvalue weighted by atomic mass is 16.3. The van der Waals surface area contributed by atoms with Crippen LogP contribution in [0.25, 0.3) is 154 Å². The number of para-hydroxylation sites is 6. The number of aromatic nitrogens is 2. The van der Waals surface area contributed by atoms with Crippen LogP contribution in [0.4, 0.5) is 34.1 Å². The van der Waals surface area contributed by atoms with E-state index in [4.69, 9.17) is 17.7 Å². The molecule has 6 aromatic heterocycles. The van der Waals surface area contributed by atoms with Crippen molar-refractivity contribution < 1.29 is 17.7 Å². The molecular weight excluding hydrogens is 1100 g/mol. The molecule has 0 unspecified atom stereocenters. The Morgan fingerprint density at radius 3 is 0.944 bits per heavy atom. The van der Waals surface area contributed by atoms with E-state index in [0.29, 0.717) is 0 Å². The monoisotopic (exact) mass is 1150 g/mol. The van der Waals surface area contributed by atoms with Crippen molar-refractivity contribution in [1.29, 1.82) is 0 Å². The number of rotatable bonds is 8. The van der Waals surface area contributed by atoms with Crippen molar-refractivity contribution in [1.82, 2.24) is 9.13 Å². The molecule has 0 saturated carbocycles. The molecule has 0 bridgehead atoms. The van der Waals surface area contributed by atoms with Gasteiger partial charge in [0.15, 0.2) is 0 Å². The first kappa shape index (κ1) is 48.9. The summed E-state index contributed by atoms with van der Waals surface area (Å²) in [7, 11) is 0. The van der Waals surface area contributed by atoms with E-state index >= 15 is 0 Å². The van der Waals surface area contributed by atoms with Crippen molar-refractivity contribution in [3.05, 3.63) is 291 Å². The van der Waals surface area contributed by atoms with Gasteiger partial charge in [-0.2, -0.15) is 0 Å². The molecule has 20 rings (SSSR count). The zero-order chi connectivity index (χ0) is 58.7. The van der Waals surface area contributed by atoms with Crippen molar-refractivity contribution in [3.63, 3.8) is 0 Å². The first-order chi connectivity index (χ1) is 44.6. The quantitative estimate of drug-likeness (QED) is 0.151. The van der Waals surface area contributed by atoms with E-state index in [1.54, 1.807) is 0 Å². The lowest BCUT2D eigenvalue weighted by atomic mass is 10.0. The van der Waals surface area contributed by atoms with E-state index in [1.165, 1.54) is 21.5 Å². The van der Waals surface area contributed by atoms with Crippen LogP contribution in [0.15, 0.2) is 309 Å². The molecule has 0 amide bonds. The van der Waals surface area contributed by atoms with E-state index in [9.17, 15) is 0 Å². The van der Waals surface area contributed by atoms with Crippen LogP contribution in [0.2, 0.25) is 0 Å². The Morgan fingerprint density at radius 2 is 0.489 bits per heavy atom. The van der Waals surface area contributed by atoms with E-state index in [-0.39, 0.29) is 0 Å². The minimum Gasteiger partial charge on any atom is -0.456 e. The zero-order valence-electron chi connectivity index (χ0n) is 48.1. The SMILES string of the molecule is c1ccc(-n2c3ccccc3c3ccc(N(c4ccc5c(c4)oc4cc6cc7c(cc6cc45)oc4cc(N(c5ccc6oc8ccccc8c6c5)c5ccc6c8ccccc8n(-c8ccccc8)c6c5)ccc47)c4ccc5oc6ccccc6c5c4)cc32)cc1. The number of benzene rings is 14. The van der Waals surface area contributed by atoms with Crippen LogP contribution in [-0.4, -0.2) is 9.13 Å². The lowest BCUT2D eigenvalue weighted by molar-refractivity contribution is 0.668. The van der Waals surface area contributed by atoms with Crippen LogP contribution in [0.3, 0.4) is 0 Å². The summed E-state index contributed by atoms with van der Waals surface area (Å²) < 4.78 is 31.4. The molecular formula is C82H48N4O4. The van der Waals surface area contributed by atoms with Crippen LogP contribution in [0.5, 0.6) is 0 Å². The Bertz CT molecular complexity index is 5990. The van der Waals surface area contributed by atoms with Crippen molar-refractivity contribution in [2.24, 2.45) is 0 Å². The topological polar surface area (TPSA) is 68.9 Å². The molecule has 8 heteroatoms. The molecule has 0 spiro atoms. The molecule has 420 valence electrons. The lowest BCUT2D eigenvalue weighted by Gasteiger charge is -2.26. The molecule has 0 aliphatic rings. The number of nitrogens with zero attached hydrogens (tertiary/aromatic N) is 4. The van der Waals surface area contributed by atoms with Crippen molar-refractivity contribution >= 4 is 176 Å². The highest BCUT2D eigenvalue weighted by molar-refractivity contribution is 6.18. The average molecular weight is 1150 g/mol. The second-order valence-electron chi connectivity index (χ2n) is 23.6. The second kappa shape index (κ2) is 18.6. The van der Waals surface area contributed by atoms with Crippen molar-refractivity contribution in [2.75, 3.05) is 9.80 Å². The Hall–Kier alpha value is -12.3. The van der Waals surface area contributed by atoms with Crippen LogP contribution in [0, 0.1) is 0 Å². The van der Waals surface area contributed by atoms with Crippen molar-refractivity contribution in [3.8, 4) is 11.4 Å². The maximum atomic E-state index is 6.97. The number of furan rings is 4. The van der Waals surface area contributed by atoms with Crippen molar-refractivity contribution in [2.45, 2.75) is 0 Å². The zero-order valence-corrected chi connectivity index (χ0v) is 48.1. The summed E-state index contributed by atoms with van der Waals surface area (Å²) in [6.07, 6.45) is 0. The maximum absolute atomic E-state index is 6.97. The predicted molar refractivity (Wildman–Crippen MR) is 371 cm³/mol. The highest BCUT2D eigenvalue weighted by Gasteiger charge is 2.24. The highest BCUT2D eigenvalue weighted by Crippen LogP contribution is 2.47. The fourth-order valence-electron chi connectivity index (χ4n) is 14.6. The molecule has 6 heterocycles. The third kappa shape index (κ3) is 7.24. The van der Waals surface area contributed by atoms with Crippen LogP contribution >= 0.6 is 0 Å². The van der Waals surface area contributed by atoms with Gasteiger partial charge in [-0.1, -0.05) is 121 Å². The van der Waals surface area contributed by atoms with E-state index < -0.39 is 0 Å². The van der Waals surface area contributed by atoms with Crippen LogP contribution in [-0.2, 0) is 0 Å². The Kier molecular flexibility index (Phi) is 10.1. The lowest BCUT2D eigenvalue weighted by Crippen LogP contribution is -2.10. The largest absolute Gasteiger partial charge is 0.456 e. The van der Waals surface area contributed by atoms with Gasteiger partial charge < -0.3 is 36.6 Å². The van der Waals surface area contributed by atoms with Gasteiger partial charge in [-0.15, -0.1) is 0 Å². The van der Waals surface area contributed by atoms with Gasteiger partial charge in [0.25, 0.3) is 0 Å². The molecule has 0 aliphatic carbocycles. The fourth-order valence-corrected chi connectivity index (χ4v) is 14.6. The van der Waals surface area contributed by atoms with Gasteiger partial charge in [0.05, 0.1) is 22.1 Å². The van der Waals surface area contributed by atoms with E-state index in [1.807, 2.05) is 24.3 Å². The van der Waals surface area contributed by atoms with Gasteiger partial charge in [-0.3, -0.25) is 0 Å². The molecule has 0 atom stereocenters. The Labute approximate surface area is 512 Å². The Morgan fingerprint density at radius 1 is 0.189 bits per heavy atom. The number of hydrogen-bond acceptors (Lipinski definition) is 6. The Balaban J connectivity index is 0.720. The summed E-state index contributed by atoms with van der Waals surface area (Å²) in [6, 6.07) is 104. The summed E-state index contributed by atoms with van der Waals surface area (Å²) >= 11 is 0. The summed E-state index contributed by atoms with van der Waals surface area (Å²) in [6.45, 7) is 0. The molecule has 0 saturated heterocycles. The second-order valence-corrected chi connectivity index (χ2v) is 23.6. The fraction of sp³-hybridized carbons (Fsp3) is 0. The molecule has 0 aliphatic heterocycles. The molecule has 0 N–H and O–H groups in total. The smallest absolute Gasteiger partial charge is 0.137 e. The molecule has 20 aromatic rings. The number of fused-ring (bicyclic) bond motifs is 19. The van der Waals surface area contributed by atoms with E-state index in [2.05, 4.69) is 286 Å². The molecule has 8 nitrogen and oxygen atoms in total. The third-order valence-corrected chi connectivity index (χ3v) is 18.6. The van der Waals surface area contributed by atoms with Crippen LogP contribution in [0.1, 0.15) is 0 Å². The van der Waals surface area contributed by atoms with Crippen LogP contribution < -0.4 is 9.80 Å². The summed E-state index contributed by atoms with van der Waals surface area (Å²) in [5, 5.41) is 15.3. The third-order valence-electron chi connectivity index (χ3n) is 18.6. The van der Waals surface area contributed by atoms with E-state index in [0.717, 1.165) is 166 Å². The van der Waals surface area contributed by atoms with Gasteiger partial charge in [-0.05, 0) is 168 Å². The van der Waals surface area contributed by atoms with Gasteiger partial charge in [0.1, 0.15) is 44.7 Å². The first-order valence-corrected chi connectivity index (χ1v) is 30.4. The summed E-state index contributed by atoms with van der Waals surface area (Å²) in [5.74, 6) is 0. The normalized spacial score (nSPS) is 12.2. The minimum atomic E-state index is 0.795. The predicted octanol–water partition coefficient (Wildman–Crippen LogP) is 23.6. The van der Waals surface area contributed by atoms with Gasteiger partial charge in [0.2, 0.25) is 0 Å². The molecule has 0 fully saturated rings. The summed E-state index contributed by atoms with van der Waals surface area (Å²) in [5.41, 5.74) is 19.4. The molecule has 0 radical (unpaired) electrons. The number of hydrogen-bond donors (Lipinski definition) is 0. The van der Waals surface area contributed by atoms with Gasteiger partial charge in [-0.25, -0.2) is 0 Å². The molecule has 90 heavy (non-hydrogen) atoms. The maximum Gasteiger partial charge on any atom is 0.137 e. The molecule has 14 aromatic carbocycles. The summed E-state index contributed by atoms with van der Waals surface area (Å²) in [4.78, 5) is 4.68.